The van der Waals surface area contributed by atoms with Crippen LogP contribution in [0, 0.1) is 5.92 Å². The van der Waals surface area contributed by atoms with Crippen molar-refractivity contribution in [3.8, 4) is 5.75 Å². The summed E-state index contributed by atoms with van der Waals surface area (Å²) >= 11 is 0. The van der Waals surface area contributed by atoms with Crippen LogP contribution in [0.5, 0.6) is 5.75 Å². The summed E-state index contributed by atoms with van der Waals surface area (Å²) in [6.45, 7) is 3.27. The summed E-state index contributed by atoms with van der Waals surface area (Å²) in [6, 6.07) is 6.77. The Hall–Kier alpha value is -2.97. The zero-order chi connectivity index (χ0) is 19.5. The molecule has 4 rings (SSSR count). The molecule has 1 saturated heterocycles. The Balaban J connectivity index is 1.31. The fraction of sp³-hybridized carbons (Fsp3) is 0.526. The van der Waals surface area contributed by atoms with E-state index >= 15 is 0 Å². The minimum atomic E-state index is -0.357. The second-order valence-corrected chi connectivity index (χ2v) is 7.41. The average Bonchev–Trinajstić information content (AvgIpc) is 3.41. The number of tetrazole rings is 1. The lowest BCUT2D eigenvalue weighted by Crippen LogP contribution is -2.42. The van der Waals surface area contributed by atoms with Crippen LogP contribution in [0.1, 0.15) is 54.8 Å². The maximum atomic E-state index is 12.5. The molecule has 2 aromatic rings. The van der Waals surface area contributed by atoms with Gasteiger partial charge in [0.1, 0.15) is 11.9 Å². The Bertz CT molecular complexity index is 828. The van der Waals surface area contributed by atoms with Gasteiger partial charge in [-0.2, -0.15) is 5.21 Å². The SMILES string of the molecule is C[C@@H](NC(=O)c1cccc(OC2CCN(C(=O)C3CC3)CC2)c1)c1nn[nH]n1. The smallest absolute Gasteiger partial charge is 0.251 e. The number of H-pyrrole nitrogens is 1. The Morgan fingerprint density at radius 2 is 2.04 bits per heavy atom. The zero-order valence-corrected chi connectivity index (χ0v) is 15.8. The Kier molecular flexibility index (Phi) is 5.23. The van der Waals surface area contributed by atoms with Crippen molar-refractivity contribution in [2.75, 3.05) is 13.1 Å². The highest BCUT2D eigenvalue weighted by Crippen LogP contribution is 2.32. The van der Waals surface area contributed by atoms with Crippen LogP contribution in [-0.2, 0) is 4.79 Å². The first kappa shape index (κ1) is 18.4. The quantitative estimate of drug-likeness (QED) is 0.780. The predicted octanol–water partition coefficient (Wildman–Crippen LogP) is 1.47. The first-order valence-electron chi connectivity index (χ1n) is 9.70. The summed E-state index contributed by atoms with van der Waals surface area (Å²) in [4.78, 5) is 26.6. The first-order chi connectivity index (χ1) is 13.6. The van der Waals surface area contributed by atoms with Gasteiger partial charge in [0.15, 0.2) is 5.82 Å². The average molecular weight is 384 g/mol. The number of amides is 2. The van der Waals surface area contributed by atoms with Crippen LogP contribution in [0.3, 0.4) is 0 Å². The number of aromatic amines is 1. The molecule has 1 saturated carbocycles. The molecule has 2 heterocycles. The van der Waals surface area contributed by atoms with Gasteiger partial charge in [-0.05, 0) is 38.0 Å². The molecule has 148 valence electrons. The summed E-state index contributed by atoms with van der Waals surface area (Å²) in [5.41, 5.74) is 0.509. The van der Waals surface area contributed by atoms with E-state index in [1.807, 2.05) is 11.0 Å². The number of hydrogen-bond acceptors (Lipinski definition) is 6. The summed E-state index contributed by atoms with van der Waals surface area (Å²) in [5.74, 6) is 1.42. The molecule has 1 aromatic carbocycles. The number of ether oxygens (including phenoxy) is 1. The molecule has 0 spiro atoms. The van der Waals surface area contributed by atoms with Crippen LogP contribution in [-0.4, -0.2) is 56.5 Å². The van der Waals surface area contributed by atoms with Gasteiger partial charge >= 0.3 is 0 Å². The number of likely N-dealkylation sites (tertiary alicyclic amines) is 1. The number of benzene rings is 1. The van der Waals surface area contributed by atoms with Crippen LogP contribution in [0.25, 0.3) is 0 Å². The number of nitrogens with zero attached hydrogens (tertiary/aromatic N) is 4. The van der Waals surface area contributed by atoms with Crippen molar-refractivity contribution < 1.29 is 14.3 Å². The predicted molar refractivity (Wildman–Crippen MR) is 99.5 cm³/mol. The third kappa shape index (κ3) is 4.29. The van der Waals surface area contributed by atoms with Gasteiger partial charge < -0.3 is 15.0 Å². The molecule has 1 aliphatic heterocycles. The fourth-order valence-electron chi connectivity index (χ4n) is 3.38. The van der Waals surface area contributed by atoms with E-state index in [1.54, 1.807) is 25.1 Å². The van der Waals surface area contributed by atoms with Crippen molar-refractivity contribution in [3.05, 3.63) is 35.7 Å². The Morgan fingerprint density at radius 3 is 2.71 bits per heavy atom. The molecule has 9 heteroatoms. The van der Waals surface area contributed by atoms with Gasteiger partial charge in [0.25, 0.3) is 5.91 Å². The van der Waals surface area contributed by atoms with Gasteiger partial charge in [-0.3, -0.25) is 9.59 Å². The van der Waals surface area contributed by atoms with Crippen molar-refractivity contribution in [1.29, 1.82) is 0 Å². The van der Waals surface area contributed by atoms with Crippen molar-refractivity contribution in [2.24, 2.45) is 5.92 Å². The number of aromatic nitrogens is 4. The summed E-state index contributed by atoms with van der Waals surface area (Å²) in [7, 11) is 0. The molecule has 2 aliphatic rings. The molecule has 0 unspecified atom stereocenters. The monoisotopic (exact) mass is 384 g/mol. The standard InChI is InChI=1S/C19H24N6O3/c1-12(17-21-23-24-22-17)20-18(26)14-3-2-4-16(11-14)28-15-7-9-25(10-8-15)19(27)13-5-6-13/h2-4,11-13,15H,5-10H2,1H3,(H,20,26)(H,21,22,23,24)/t12-/m1/s1. The highest BCUT2D eigenvalue weighted by atomic mass is 16.5. The second-order valence-electron chi connectivity index (χ2n) is 7.41. The molecule has 9 nitrogen and oxygen atoms in total. The topological polar surface area (TPSA) is 113 Å². The van der Waals surface area contributed by atoms with Crippen LogP contribution in [0.15, 0.2) is 24.3 Å². The molecule has 1 aliphatic carbocycles. The second kappa shape index (κ2) is 7.95. The minimum absolute atomic E-state index is 0.0554. The van der Waals surface area contributed by atoms with Gasteiger partial charge in [-0.25, -0.2) is 0 Å². The van der Waals surface area contributed by atoms with Gasteiger partial charge in [-0.15, -0.1) is 10.2 Å². The fourth-order valence-corrected chi connectivity index (χ4v) is 3.38. The number of carbonyl (C=O) groups is 2. The van der Waals surface area contributed by atoms with Crippen molar-refractivity contribution in [1.82, 2.24) is 30.8 Å². The van der Waals surface area contributed by atoms with Gasteiger partial charge in [0.05, 0.1) is 6.04 Å². The highest BCUT2D eigenvalue weighted by Gasteiger charge is 2.35. The summed E-state index contributed by atoms with van der Waals surface area (Å²) < 4.78 is 6.07. The number of rotatable bonds is 6. The zero-order valence-electron chi connectivity index (χ0n) is 15.8. The lowest BCUT2D eigenvalue weighted by atomic mass is 10.1. The molecular weight excluding hydrogens is 360 g/mol. The normalized spacial score (nSPS) is 18.5. The maximum Gasteiger partial charge on any atom is 0.251 e. The lowest BCUT2D eigenvalue weighted by molar-refractivity contribution is -0.134. The van der Waals surface area contributed by atoms with E-state index < -0.39 is 0 Å². The first-order valence-corrected chi connectivity index (χ1v) is 9.70. The largest absolute Gasteiger partial charge is 0.490 e. The molecule has 0 bridgehead atoms. The van der Waals surface area contributed by atoms with Crippen LogP contribution in [0.2, 0.25) is 0 Å². The third-order valence-electron chi connectivity index (χ3n) is 5.18. The van der Waals surface area contributed by atoms with Crippen molar-refractivity contribution >= 4 is 11.8 Å². The molecule has 2 N–H and O–H groups in total. The van der Waals surface area contributed by atoms with Gasteiger partial charge in [0, 0.05) is 37.4 Å². The number of hydrogen-bond donors (Lipinski definition) is 2. The Labute approximate surface area is 162 Å². The lowest BCUT2D eigenvalue weighted by Gasteiger charge is -2.32. The highest BCUT2D eigenvalue weighted by molar-refractivity contribution is 5.94. The van der Waals surface area contributed by atoms with Crippen molar-refractivity contribution in [3.63, 3.8) is 0 Å². The molecule has 0 radical (unpaired) electrons. The van der Waals surface area contributed by atoms with Crippen LogP contribution < -0.4 is 10.1 Å². The summed E-state index contributed by atoms with van der Waals surface area (Å²) in [5, 5.41) is 16.5. The molecular formula is C19H24N6O3. The third-order valence-corrected chi connectivity index (χ3v) is 5.18. The van der Waals surface area contributed by atoms with E-state index in [4.69, 9.17) is 4.74 Å². The van der Waals surface area contributed by atoms with E-state index in [-0.39, 0.29) is 24.0 Å². The van der Waals surface area contributed by atoms with Gasteiger partial charge in [-0.1, -0.05) is 11.3 Å². The number of piperidine rings is 1. The molecule has 28 heavy (non-hydrogen) atoms. The minimum Gasteiger partial charge on any atom is -0.490 e. The molecule has 1 aromatic heterocycles. The van der Waals surface area contributed by atoms with E-state index in [1.165, 1.54) is 0 Å². The molecule has 2 amide bonds. The maximum absolute atomic E-state index is 12.5. The van der Waals surface area contributed by atoms with Crippen LogP contribution in [0.4, 0.5) is 0 Å². The van der Waals surface area contributed by atoms with E-state index in [0.29, 0.717) is 23.0 Å². The number of carbonyl (C=O) groups excluding carboxylic acids is 2. The summed E-state index contributed by atoms with van der Waals surface area (Å²) in [6.07, 6.45) is 3.75. The van der Waals surface area contributed by atoms with Gasteiger partial charge in [0.2, 0.25) is 5.91 Å². The number of nitrogens with one attached hydrogen (secondary N) is 2. The molecule has 1 atom stereocenters. The van der Waals surface area contributed by atoms with E-state index in [9.17, 15) is 9.59 Å². The van der Waals surface area contributed by atoms with Crippen molar-refractivity contribution in [2.45, 2.75) is 44.8 Å². The van der Waals surface area contributed by atoms with E-state index in [0.717, 1.165) is 38.8 Å². The molecule has 2 fully saturated rings. The van der Waals surface area contributed by atoms with Crippen LogP contribution >= 0.6 is 0 Å². The Morgan fingerprint density at radius 1 is 1.25 bits per heavy atom. The van der Waals surface area contributed by atoms with E-state index in [2.05, 4.69) is 25.9 Å².